The van der Waals surface area contributed by atoms with Crippen molar-refractivity contribution in [3.05, 3.63) is 11.1 Å². The van der Waals surface area contributed by atoms with Gasteiger partial charge in [-0.1, -0.05) is 12.5 Å². The van der Waals surface area contributed by atoms with Gasteiger partial charge in [-0.15, -0.1) is 12.4 Å². The first-order valence-corrected chi connectivity index (χ1v) is 3.75. The van der Waals surface area contributed by atoms with Crippen molar-refractivity contribution in [2.45, 2.75) is 26.7 Å². The predicted octanol–water partition coefficient (Wildman–Crippen LogP) is 1.57. The third kappa shape index (κ3) is 4.36. The lowest BCUT2D eigenvalue weighted by Crippen LogP contribution is -2.06. The summed E-state index contributed by atoms with van der Waals surface area (Å²) in [6.45, 7) is 4.17. The van der Waals surface area contributed by atoms with Crippen LogP contribution in [-0.2, 0) is 4.79 Å². The van der Waals surface area contributed by atoms with Gasteiger partial charge in [0.05, 0.1) is 0 Å². The molecule has 12 heavy (non-hydrogen) atoms. The number of carboxylic acid groups (broad SMARTS) is 1. The summed E-state index contributed by atoms with van der Waals surface area (Å²) in [5, 5.41) is 8.67. The van der Waals surface area contributed by atoms with E-state index >= 15 is 0 Å². The Morgan fingerprint density at radius 1 is 1.50 bits per heavy atom. The molecule has 0 aliphatic heterocycles. The van der Waals surface area contributed by atoms with Gasteiger partial charge in [0.15, 0.2) is 0 Å². The Morgan fingerprint density at radius 2 is 2.00 bits per heavy atom. The van der Waals surface area contributed by atoms with Crippen molar-refractivity contribution in [2.24, 2.45) is 5.73 Å². The van der Waals surface area contributed by atoms with Gasteiger partial charge in [-0.25, -0.2) is 4.79 Å². The van der Waals surface area contributed by atoms with Crippen molar-refractivity contribution >= 4 is 18.4 Å². The van der Waals surface area contributed by atoms with Gasteiger partial charge in [-0.3, -0.25) is 0 Å². The molecule has 3 nitrogen and oxygen atoms in total. The van der Waals surface area contributed by atoms with E-state index in [0.717, 1.165) is 5.57 Å². The largest absolute Gasteiger partial charge is 0.478 e. The minimum Gasteiger partial charge on any atom is -0.478 e. The van der Waals surface area contributed by atoms with Gasteiger partial charge < -0.3 is 10.8 Å². The van der Waals surface area contributed by atoms with Crippen molar-refractivity contribution in [1.29, 1.82) is 0 Å². The Hall–Kier alpha value is -0.540. The number of nitrogens with two attached hydrogens (primary N) is 1. The molecule has 3 N–H and O–H groups in total. The van der Waals surface area contributed by atoms with Gasteiger partial charge in [0.1, 0.15) is 0 Å². The van der Waals surface area contributed by atoms with Crippen LogP contribution in [-0.4, -0.2) is 17.6 Å². The average Bonchev–Trinajstić information content (AvgIpc) is 1.88. The number of hydrogen-bond donors (Lipinski definition) is 2. The van der Waals surface area contributed by atoms with Crippen LogP contribution in [0.1, 0.15) is 26.7 Å². The second-order valence-electron chi connectivity index (χ2n) is 2.46. The lowest BCUT2D eigenvalue weighted by Gasteiger charge is -2.03. The number of rotatable bonds is 4. The van der Waals surface area contributed by atoms with Crippen LogP contribution in [0.5, 0.6) is 0 Å². The van der Waals surface area contributed by atoms with Gasteiger partial charge in [-0.2, -0.15) is 0 Å². The maximum Gasteiger partial charge on any atom is 0.331 e. The van der Waals surface area contributed by atoms with Gasteiger partial charge in [0, 0.05) is 5.57 Å². The third-order valence-electron chi connectivity index (χ3n) is 1.65. The first-order valence-electron chi connectivity index (χ1n) is 3.75. The third-order valence-corrected chi connectivity index (χ3v) is 1.65. The Kier molecular flexibility index (Phi) is 8.32. The highest BCUT2D eigenvalue weighted by Crippen LogP contribution is 2.10. The second-order valence-corrected chi connectivity index (χ2v) is 2.46. The highest BCUT2D eigenvalue weighted by Gasteiger charge is 2.07. The summed E-state index contributed by atoms with van der Waals surface area (Å²) in [6, 6.07) is 0. The van der Waals surface area contributed by atoms with Crippen LogP contribution in [0.2, 0.25) is 0 Å². The smallest absolute Gasteiger partial charge is 0.331 e. The van der Waals surface area contributed by atoms with Crippen LogP contribution in [0.15, 0.2) is 11.1 Å². The molecule has 0 atom stereocenters. The monoisotopic (exact) mass is 193 g/mol. The molecule has 0 bridgehead atoms. The minimum absolute atomic E-state index is 0. The molecule has 0 aliphatic carbocycles. The minimum atomic E-state index is -0.821. The summed E-state index contributed by atoms with van der Waals surface area (Å²) >= 11 is 0. The van der Waals surface area contributed by atoms with Crippen LogP contribution in [0, 0.1) is 0 Å². The van der Waals surface area contributed by atoms with E-state index in [1.54, 1.807) is 0 Å². The quantitative estimate of drug-likeness (QED) is 0.667. The molecule has 0 saturated heterocycles. The molecule has 0 unspecified atom stereocenters. The number of hydrogen-bond acceptors (Lipinski definition) is 2. The number of carboxylic acids is 1. The van der Waals surface area contributed by atoms with Gasteiger partial charge >= 0.3 is 5.97 Å². The van der Waals surface area contributed by atoms with E-state index < -0.39 is 5.97 Å². The maximum atomic E-state index is 10.5. The highest BCUT2D eigenvalue weighted by atomic mass is 35.5. The first kappa shape index (κ1) is 14.0. The fourth-order valence-electron chi connectivity index (χ4n) is 1.00. The molecule has 0 amide bonds. The average molecular weight is 194 g/mol. The molecular weight excluding hydrogens is 178 g/mol. The number of carbonyl (C=O) groups is 1. The molecule has 4 heteroatoms. The van der Waals surface area contributed by atoms with Crippen LogP contribution < -0.4 is 5.73 Å². The van der Waals surface area contributed by atoms with Gasteiger partial charge in [0.25, 0.3) is 0 Å². The molecule has 0 aromatic rings. The topological polar surface area (TPSA) is 63.3 Å². The van der Waals surface area contributed by atoms with E-state index in [2.05, 4.69) is 0 Å². The number of halogens is 1. The second kappa shape index (κ2) is 7.13. The molecule has 72 valence electrons. The van der Waals surface area contributed by atoms with E-state index in [0.29, 0.717) is 25.0 Å². The zero-order valence-electron chi connectivity index (χ0n) is 7.46. The van der Waals surface area contributed by atoms with Crippen LogP contribution in [0.3, 0.4) is 0 Å². The zero-order chi connectivity index (χ0) is 8.85. The van der Waals surface area contributed by atoms with Crippen LogP contribution >= 0.6 is 12.4 Å². The van der Waals surface area contributed by atoms with Crippen molar-refractivity contribution in [1.82, 2.24) is 0 Å². The summed E-state index contributed by atoms with van der Waals surface area (Å²) in [6.07, 6.45) is 1.25. The molecule has 0 fully saturated rings. The lowest BCUT2D eigenvalue weighted by molar-refractivity contribution is -0.132. The summed E-state index contributed by atoms with van der Waals surface area (Å²) < 4.78 is 0. The van der Waals surface area contributed by atoms with Crippen molar-refractivity contribution in [3.8, 4) is 0 Å². The molecule has 0 spiro atoms. The molecule has 0 heterocycles. The van der Waals surface area contributed by atoms with Crippen molar-refractivity contribution < 1.29 is 9.90 Å². The molecule has 0 saturated carbocycles. The Balaban J connectivity index is 0. The van der Waals surface area contributed by atoms with Crippen LogP contribution in [0.4, 0.5) is 0 Å². The Bertz CT molecular complexity index is 178. The SMILES string of the molecule is CCC(C(=O)O)=C(C)CCN.Cl. The van der Waals surface area contributed by atoms with E-state index in [-0.39, 0.29) is 12.4 Å². The van der Waals surface area contributed by atoms with Crippen LogP contribution in [0.25, 0.3) is 0 Å². The zero-order valence-corrected chi connectivity index (χ0v) is 8.28. The van der Waals surface area contributed by atoms with E-state index in [9.17, 15) is 4.79 Å². The highest BCUT2D eigenvalue weighted by molar-refractivity contribution is 5.87. The van der Waals surface area contributed by atoms with Crippen molar-refractivity contribution in [2.75, 3.05) is 6.54 Å². The first-order chi connectivity index (χ1) is 5.13. The molecular formula is C8H16ClNO2. The molecule has 0 aromatic heterocycles. The van der Waals surface area contributed by atoms with E-state index in [4.69, 9.17) is 10.8 Å². The summed E-state index contributed by atoms with van der Waals surface area (Å²) in [7, 11) is 0. The van der Waals surface area contributed by atoms with Gasteiger partial charge in [-0.05, 0) is 26.3 Å². The Morgan fingerprint density at radius 3 is 2.25 bits per heavy atom. The molecule has 0 aromatic carbocycles. The molecule has 0 radical (unpaired) electrons. The lowest BCUT2D eigenvalue weighted by atomic mass is 10.1. The summed E-state index contributed by atoms with van der Waals surface area (Å²) in [4.78, 5) is 10.5. The van der Waals surface area contributed by atoms with Gasteiger partial charge in [0.2, 0.25) is 0 Å². The molecule has 0 rings (SSSR count). The predicted molar refractivity (Wildman–Crippen MR) is 51.5 cm³/mol. The summed E-state index contributed by atoms with van der Waals surface area (Å²) in [5.74, 6) is -0.821. The van der Waals surface area contributed by atoms with E-state index in [1.807, 2.05) is 13.8 Å². The fourth-order valence-corrected chi connectivity index (χ4v) is 1.00. The summed E-state index contributed by atoms with van der Waals surface area (Å²) in [5.41, 5.74) is 6.68. The fraction of sp³-hybridized carbons (Fsp3) is 0.625. The molecule has 0 aliphatic rings. The van der Waals surface area contributed by atoms with E-state index in [1.165, 1.54) is 0 Å². The maximum absolute atomic E-state index is 10.5. The Labute approximate surface area is 79.1 Å². The standard InChI is InChI=1S/C8H15NO2.ClH/c1-3-7(8(10)11)6(2)4-5-9;/h3-5,9H2,1-2H3,(H,10,11);1H. The van der Waals surface area contributed by atoms with Crippen molar-refractivity contribution in [3.63, 3.8) is 0 Å². The number of aliphatic carboxylic acids is 1. The normalized spacial score (nSPS) is 11.6.